The van der Waals surface area contributed by atoms with Crippen LogP contribution in [-0.4, -0.2) is 5.91 Å². The van der Waals surface area contributed by atoms with Crippen LogP contribution in [0, 0.1) is 19.8 Å². The molecule has 1 aliphatic rings. The van der Waals surface area contributed by atoms with E-state index in [9.17, 15) is 18.0 Å². The van der Waals surface area contributed by atoms with E-state index in [1.165, 1.54) is 12.1 Å². The largest absolute Gasteiger partial charge is 0.455 e. The van der Waals surface area contributed by atoms with Crippen molar-refractivity contribution < 1.29 is 22.7 Å². The molecule has 3 nitrogen and oxygen atoms in total. The van der Waals surface area contributed by atoms with E-state index in [0.29, 0.717) is 11.4 Å². The first-order valence-electron chi connectivity index (χ1n) is 8.02. The van der Waals surface area contributed by atoms with Crippen molar-refractivity contribution in [3.05, 3.63) is 53.1 Å². The molecule has 2 aromatic rings. The maximum atomic E-state index is 12.9. The molecule has 2 aromatic carbocycles. The summed E-state index contributed by atoms with van der Waals surface area (Å²) < 4.78 is 44.4. The highest BCUT2D eigenvalue weighted by molar-refractivity contribution is 5.95. The number of alkyl halides is 3. The van der Waals surface area contributed by atoms with Gasteiger partial charge in [-0.1, -0.05) is 12.1 Å². The molecule has 0 spiro atoms. The van der Waals surface area contributed by atoms with Gasteiger partial charge >= 0.3 is 6.18 Å². The van der Waals surface area contributed by atoms with E-state index >= 15 is 0 Å². The van der Waals surface area contributed by atoms with Gasteiger partial charge in [0.2, 0.25) is 5.91 Å². The fourth-order valence-corrected chi connectivity index (χ4v) is 2.45. The Bertz CT molecular complexity index is 811. The van der Waals surface area contributed by atoms with Crippen LogP contribution in [0.3, 0.4) is 0 Å². The summed E-state index contributed by atoms with van der Waals surface area (Å²) in [5.41, 5.74) is 1.38. The molecule has 0 heterocycles. The van der Waals surface area contributed by atoms with E-state index in [4.69, 9.17) is 4.74 Å². The zero-order valence-corrected chi connectivity index (χ0v) is 13.9. The highest BCUT2D eigenvalue weighted by Crippen LogP contribution is 2.38. The molecule has 6 heteroatoms. The van der Waals surface area contributed by atoms with Gasteiger partial charge < -0.3 is 10.1 Å². The Morgan fingerprint density at radius 2 is 1.88 bits per heavy atom. The second kappa shape index (κ2) is 6.43. The highest BCUT2D eigenvalue weighted by atomic mass is 19.4. The highest BCUT2D eigenvalue weighted by Gasteiger charge is 2.31. The quantitative estimate of drug-likeness (QED) is 0.796. The number of aryl methyl sites for hydroxylation is 1. The van der Waals surface area contributed by atoms with Gasteiger partial charge in [0.15, 0.2) is 5.75 Å². The van der Waals surface area contributed by atoms with Gasteiger partial charge in [-0.25, -0.2) is 0 Å². The molecule has 3 rings (SSSR count). The van der Waals surface area contributed by atoms with Crippen molar-refractivity contribution in [3.63, 3.8) is 0 Å². The van der Waals surface area contributed by atoms with Crippen molar-refractivity contribution >= 4 is 11.6 Å². The number of anilines is 1. The van der Waals surface area contributed by atoms with Crippen molar-refractivity contribution in [1.82, 2.24) is 0 Å². The normalized spacial score (nSPS) is 14.3. The molecule has 1 aliphatic carbocycles. The van der Waals surface area contributed by atoms with Gasteiger partial charge in [0.1, 0.15) is 5.75 Å². The molecule has 0 atom stereocenters. The lowest BCUT2D eigenvalue weighted by atomic mass is 10.1. The first-order chi connectivity index (χ1) is 11.8. The average Bonchev–Trinajstić information content (AvgIpc) is 3.39. The Hall–Kier alpha value is -2.50. The first kappa shape index (κ1) is 17.3. The molecule has 0 saturated heterocycles. The molecule has 1 amide bonds. The molecular weight excluding hydrogens is 331 g/mol. The minimum atomic E-state index is -4.44. The van der Waals surface area contributed by atoms with Crippen molar-refractivity contribution in [3.8, 4) is 11.5 Å². The summed E-state index contributed by atoms with van der Waals surface area (Å²) in [5, 5.41) is 2.82. The van der Waals surface area contributed by atoms with E-state index < -0.39 is 11.7 Å². The molecule has 1 fully saturated rings. The lowest BCUT2D eigenvalue weighted by Crippen LogP contribution is -2.14. The molecule has 0 aromatic heterocycles. The maximum Gasteiger partial charge on any atom is 0.416 e. The summed E-state index contributed by atoms with van der Waals surface area (Å²) in [5.74, 6) is 0.374. The fourth-order valence-electron chi connectivity index (χ4n) is 2.45. The van der Waals surface area contributed by atoms with Crippen LogP contribution >= 0.6 is 0 Å². The maximum absolute atomic E-state index is 12.9. The van der Waals surface area contributed by atoms with Crippen molar-refractivity contribution in [2.24, 2.45) is 5.92 Å². The molecule has 132 valence electrons. The smallest absolute Gasteiger partial charge is 0.416 e. The minimum Gasteiger partial charge on any atom is -0.455 e. The number of hydrogen-bond donors (Lipinski definition) is 1. The van der Waals surface area contributed by atoms with E-state index in [-0.39, 0.29) is 17.6 Å². The fraction of sp³-hybridized carbons (Fsp3) is 0.316. The number of benzene rings is 2. The first-order valence-corrected chi connectivity index (χ1v) is 8.02. The minimum absolute atomic E-state index is 0.0167. The zero-order chi connectivity index (χ0) is 18.2. The molecular formula is C19H18F3NO2. The second-order valence-electron chi connectivity index (χ2n) is 6.28. The van der Waals surface area contributed by atoms with Gasteiger partial charge in [-0.2, -0.15) is 13.2 Å². The number of hydrogen-bond acceptors (Lipinski definition) is 2. The van der Waals surface area contributed by atoms with Crippen LogP contribution in [0.1, 0.15) is 29.5 Å². The van der Waals surface area contributed by atoms with Gasteiger partial charge in [0.05, 0.1) is 11.3 Å². The summed E-state index contributed by atoms with van der Waals surface area (Å²) in [4.78, 5) is 12.0. The summed E-state index contributed by atoms with van der Waals surface area (Å²) in [6, 6.07) is 8.26. The third-order valence-electron chi connectivity index (χ3n) is 4.26. The lowest BCUT2D eigenvalue weighted by molar-refractivity contribution is -0.137. The Balaban J connectivity index is 1.93. The van der Waals surface area contributed by atoms with E-state index in [1.54, 1.807) is 6.07 Å². The SMILES string of the molecule is Cc1ccc(NC(=O)C2CC2)c(Oc2cccc(C(F)(F)F)c2)c1C. The van der Waals surface area contributed by atoms with E-state index in [1.807, 2.05) is 19.9 Å². The summed E-state index contributed by atoms with van der Waals surface area (Å²) in [7, 11) is 0. The number of carbonyl (C=O) groups excluding carboxylic acids is 1. The van der Waals surface area contributed by atoms with Crippen LogP contribution in [0.25, 0.3) is 0 Å². The molecule has 0 bridgehead atoms. The molecule has 25 heavy (non-hydrogen) atoms. The summed E-state index contributed by atoms with van der Waals surface area (Å²) >= 11 is 0. The van der Waals surface area contributed by atoms with Gasteiger partial charge in [0, 0.05) is 5.92 Å². The number of amides is 1. The Labute approximate surface area is 143 Å². The van der Waals surface area contributed by atoms with Crippen LogP contribution in [-0.2, 0) is 11.0 Å². The standard InChI is InChI=1S/C19H18F3NO2/c1-11-6-9-16(23-18(24)13-7-8-13)17(12(11)2)25-15-5-3-4-14(10-15)19(20,21)22/h3-6,9-10,13H,7-8H2,1-2H3,(H,23,24). The van der Waals surface area contributed by atoms with Gasteiger partial charge in [-0.05, 0) is 62.1 Å². The molecule has 1 N–H and O–H groups in total. The Morgan fingerprint density at radius 3 is 2.52 bits per heavy atom. The van der Waals surface area contributed by atoms with Gasteiger partial charge in [0.25, 0.3) is 0 Å². The lowest BCUT2D eigenvalue weighted by Gasteiger charge is -2.17. The zero-order valence-electron chi connectivity index (χ0n) is 13.9. The predicted octanol–water partition coefficient (Wildman–Crippen LogP) is 5.46. The summed E-state index contributed by atoms with van der Waals surface area (Å²) in [6.45, 7) is 3.69. The third-order valence-corrected chi connectivity index (χ3v) is 4.26. The average molecular weight is 349 g/mol. The van der Waals surface area contributed by atoms with Gasteiger partial charge in [-0.3, -0.25) is 4.79 Å². The van der Waals surface area contributed by atoms with E-state index in [0.717, 1.165) is 36.1 Å². The van der Waals surface area contributed by atoms with Crippen molar-refractivity contribution in [2.75, 3.05) is 5.32 Å². The molecule has 0 unspecified atom stereocenters. The van der Waals surface area contributed by atoms with Crippen molar-refractivity contribution in [1.29, 1.82) is 0 Å². The predicted molar refractivity (Wildman–Crippen MR) is 88.8 cm³/mol. The number of nitrogens with one attached hydrogen (secondary N) is 1. The van der Waals surface area contributed by atoms with Gasteiger partial charge in [-0.15, -0.1) is 0 Å². The molecule has 1 saturated carbocycles. The Morgan fingerprint density at radius 1 is 1.16 bits per heavy atom. The van der Waals surface area contributed by atoms with Crippen LogP contribution in [0.15, 0.2) is 36.4 Å². The van der Waals surface area contributed by atoms with Crippen LogP contribution < -0.4 is 10.1 Å². The number of ether oxygens (including phenoxy) is 1. The number of halogens is 3. The van der Waals surface area contributed by atoms with Crippen LogP contribution in [0.2, 0.25) is 0 Å². The topological polar surface area (TPSA) is 38.3 Å². The summed E-state index contributed by atoms with van der Waals surface area (Å²) in [6.07, 6.45) is -2.72. The number of carbonyl (C=O) groups is 1. The molecule has 0 radical (unpaired) electrons. The third kappa shape index (κ3) is 3.95. The van der Waals surface area contributed by atoms with Crippen molar-refractivity contribution in [2.45, 2.75) is 32.9 Å². The van der Waals surface area contributed by atoms with Crippen LogP contribution in [0.5, 0.6) is 11.5 Å². The van der Waals surface area contributed by atoms with Crippen LogP contribution in [0.4, 0.5) is 18.9 Å². The monoisotopic (exact) mass is 349 g/mol. The second-order valence-corrected chi connectivity index (χ2v) is 6.28. The van der Waals surface area contributed by atoms with E-state index in [2.05, 4.69) is 5.32 Å². The molecule has 0 aliphatic heterocycles. The number of rotatable bonds is 4. The Kier molecular flexibility index (Phi) is 4.45.